The number of hydrogen-bond acceptors (Lipinski definition) is 2. The molecule has 3 unspecified atom stereocenters. The molecule has 3 nitrogen and oxygen atoms in total. The molecule has 0 spiro atoms. The first-order valence-electron chi connectivity index (χ1n) is 6.68. The van der Waals surface area contributed by atoms with Crippen LogP contribution in [0.25, 0.3) is 0 Å². The van der Waals surface area contributed by atoms with E-state index in [9.17, 15) is 4.79 Å². The molecule has 0 aliphatic carbocycles. The van der Waals surface area contributed by atoms with Crippen LogP contribution in [-0.2, 0) is 4.79 Å². The van der Waals surface area contributed by atoms with E-state index in [0.29, 0.717) is 30.0 Å². The molecule has 2 aliphatic rings. The van der Waals surface area contributed by atoms with Crippen molar-refractivity contribution in [2.75, 3.05) is 0 Å². The maximum absolute atomic E-state index is 12.2. The van der Waals surface area contributed by atoms with Gasteiger partial charge in [0, 0.05) is 24.5 Å². The summed E-state index contributed by atoms with van der Waals surface area (Å²) in [6.07, 6.45) is 6.19. The molecule has 0 radical (unpaired) electrons. The van der Waals surface area contributed by atoms with E-state index in [2.05, 4.69) is 18.7 Å². The fourth-order valence-electron chi connectivity index (χ4n) is 3.17. The van der Waals surface area contributed by atoms with Gasteiger partial charge >= 0.3 is 0 Å². The third-order valence-corrected chi connectivity index (χ3v) is 4.28. The summed E-state index contributed by atoms with van der Waals surface area (Å²) in [6.45, 7) is 4.31. The molecular formula is C13H24N2O. The molecule has 0 aromatic rings. The minimum Gasteiger partial charge on any atom is -0.337 e. The van der Waals surface area contributed by atoms with Crippen molar-refractivity contribution in [1.82, 2.24) is 4.90 Å². The largest absolute Gasteiger partial charge is 0.337 e. The van der Waals surface area contributed by atoms with E-state index < -0.39 is 0 Å². The van der Waals surface area contributed by atoms with Crippen LogP contribution in [0.1, 0.15) is 52.4 Å². The van der Waals surface area contributed by atoms with E-state index >= 15 is 0 Å². The van der Waals surface area contributed by atoms with Crippen molar-refractivity contribution in [2.45, 2.75) is 70.5 Å². The number of hydrogen-bond donors (Lipinski definition) is 1. The minimum absolute atomic E-state index is 0.324. The van der Waals surface area contributed by atoms with Crippen LogP contribution in [0.15, 0.2) is 0 Å². The summed E-state index contributed by atoms with van der Waals surface area (Å²) >= 11 is 0. The zero-order valence-electron chi connectivity index (χ0n) is 10.5. The van der Waals surface area contributed by atoms with Gasteiger partial charge in [-0.1, -0.05) is 20.3 Å². The van der Waals surface area contributed by atoms with Gasteiger partial charge in [0.2, 0.25) is 5.91 Å². The monoisotopic (exact) mass is 224 g/mol. The number of carbonyl (C=O) groups excluding carboxylic acids is 1. The Morgan fingerprint density at radius 1 is 1.38 bits per heavy atom. The summed E-state index contributed by atoms with van der Waals surface area (Å²) in [4.78, 5) is 14.4. The number of amides is 1. The Hall–Kier alpha value is -0.570. The van der Waals surface area contributed by atoms with Crippen LogP contribution in [0.5, 0.6) is 0 Å². The van der Waals surface area contributed by atoms with Gasteiger partial charge in [0.1, 0.15) is 0 Å². The highest BCUT2D eigenvalue weighted by Gasteiger charge is 2.41. The Balaban J connectivity index is 1.97. The molecule has 2 heterocycles. The number of nitrogens with zero attached hydrogens (tertiary/aromatic N) is 1. The van der Waals surface area contributed by atoms with Gasteiger partial charge in [-0.3, -0.25) is 4.79 Å². The van der Waals surface area contributed by atoms with E-state index in [-0.39, 0.29) is 0 Å². The van der Waals surface area contributed by atoms with Gasteiger partial charge in [0.15, 0.2) is 0 Å². The molecule has 92 valence electrons. The van der Waals surface area contributed by atoms with Crippen LogP contribution in [0.4, 0.5) is 0 Å². The van der Waals surface area contributed by atoms with Crippen molar-refractivity contribution in [2.24, 2.45) is 11.7 Å². The van der Waals surface area contributed by atoms with Gasteiger partial charge in [-0.05, 0) is 31.6 Å². The first-order valence-corrected chi connectivity index (χ1v) is 6.68. The van der Waals surface area contributed by atoms with Gasteiger partial charge in [0.25, 0.3) is 0 Å². The highest BCUT2D eigenvalue weighted by molar-refractivity contribution is 5.77. The van der Waals surface area contributed by atoms with Crippen molar-refractivity contribution in [3.8, 4) is 0 Å². The number of carbonyl (C=O) groups is 1. The van der Waals surface area contributed by atoms with E-state index in [1.54, 1.807) is 0 Å². The maximum atomic E-state index is 12.2. The van der Waals surface area contributed by atoms with Crippen LogP contribution in [0, 0.1) is 5.92 Å². The molecule has 3 atom stereocenters. The average Bonchev–Trinajstić information content (AvgIpc) is 2.51. The van der Waals surface area contributed by atoms with E-state index in [4.69, 9.17) is 5.73 Å². The zero-order valence-corrected chi connectivity index (χ0v) is 10.5. The van der Waals surface area contributed by atoms with Crippen LogP contribution in [0.3, 0.4) is 0 Å². The summed E-state index contributed by atoms with van der Waals surface area (Å²) in [5.41, 5.74) is 6.01. The maximum Gasteiger partial charge on any atom is 0.223 e. The lowest BCUT2D eigenvalue weighted by Crippen LogP contribution is -2.50. The molecule has 2 fully saturated rings. The molecule has 3 heteroatoms. The highest BCUT2D eigenvalue weighted by atomic mass is 16.2. The van der Waals surface area contributed by atoms with Crippen molar-refractivity contribution in [1.29, 1.82) is 0 Å². The number of fused-ring (bicyclic) bond motifs is 2. The molecule has 2 bridgehead atoms. The fraction of sp³-hybridized carbons (Fsp3) is 0.923. The number of rotatable bonds is 3. The molecule has 2 saturated heterocycles. The summed E-state index contributed by atoms with van der Waals surface area (Å²) < 4.78 is 0. The Kier molecular flexibility index (Phi) is 3.53. The summed E-state index contributed by atoms with van der Waals surface area (Å²) in [7, 11) is 0. The lowest BCUT2D eigenvalue weighted by Gasteiger charge is -2.38. The summed E-state index contributed by atoms with van der Waals surface area (Å²) in [5.74, 6) is 0.885. The van der Waals surface area contributed by atoms with Crippen LogP contribution < -0.4 is 5.73 Å². The standard InChI is InChI=1S/C13H24N2O/c1-3-9(2)6-13(16)15-11-4-5-12(15)8-10(14)7-11/h9-12H,3-8,14H2,1-2H3. The van der Waals surface area contributed by atoms with Gasteiger partial charge in [-0.2, -0.15) is 0 Å². The number of nitrogens with two attached hydrogens (primary N) is 1. The van der Waals surface area contributed by atoms with Crippen molar-refractivity contribution >= 4 is 5.91 Å². The van der Waals surface area contributed by atoms with Crippen LogP contribution in [0.2, 0.25) is 0 Å². The van der Waals surface area contributed by atoms with Crippen molar-refractivity contribution in [3.63, 3.8) is 0 Å². The first-order chi connectivity index (χ1) is 7.61. The first kappa shape index (κ1) is 11.9. The Morgan fingerprint density at radius 3 is 2.44 bits per heavy atom. The van der Waals surface area contributed by atoms with Crippen molar-refractivity contribution < 1.29 is 4.79 Å². The van der Waals surface area contributed by atoms with E-state index in [0.717, 1.165) is 25.7 Å². The molecule has 1 amide bonds. The Morgan fingerprint density at radius 2 is 1.94 bits per heavy atom. The Labute approximate surface area is 98.4 Å². The topological polar surface area (TPSA) is 46.3 Å². The molecule has 0 aromatic heterocycles. The fourth-order valence-corrected chi connectivity index (χ4v) is 3.17. The zero-order chi connectivity index (χ0) is 11.7. The smallest absolute Gasteiger partial charge is 0.223 e. The molecule has 2 rings (SSSR count). The third-order valence-electron chi connectivity index (χ3n) is 4.28. The molecule has 0 aromatic carbocycles. The van der Waals surface area contributed by atoms with E-state index in [1.165, 1.54) is 12.8 Å². The summed E-state index contributed by atoms with van der Waals surface area (Å²) in [6, 6.07) is 1.22. The lowest BCUT2D eigenvalue weighted by atomic mass is 9.96. The summed E-state index contributed by atoms with van der Waals surface area (Å²) in [5, 5.41) is 0. The van der Waals surface area contributed by atoms with Gasteiger partial charge in [0.05, 0.1) is 0 Å². The second-order valence-corrected chi connectivity index (χ2v) is 5.64. The minimum atomic E-state index is 0.324. The predicted octanol–water partition coefficient (Wildman–Crippen LogP) is 1.90. The molecule has 2 N–H and O–H groups in total. The Bertz CT molecular complexity index is 253. The second-order valence-electron chi connectivity index (χ2n) is 5.64. The molecule has 0 saturated carbocycles. The number of piperidine rings is 1. The van der Waals surface area contributed by atoms with Crippen molar-refractivity contribution in [3.05, 3.63) is 0 Å². The van der Waals surface area contributed by atoms with E-state index in [1.807, 2.05) is 0 Å². The normalized spacial score (nSPS) is 35.2. The highest BCUT2D eigenvalue weighted by Crippen LogP contribution is 2.35. The third kappa shape index (κ3) is 2.24. The molecule has 16 heavy (non-hydrogen) atoms. The van der Waals surface area contributed by atoms with Gasteiger partial charge in [-0.15, -0.1) is 0 Å². The lowest BCUT2D eigenvalue weighted by molar-refractivity contribution is -0.136. The van der Waals surface area contributed by atoms with Crippen LogP contribution in [-0.4, -0.2) is 28.9 Å². The molecular weight excluding hydrogens is 200 g/mol. The quantitative estimate of drug-likeness (QED) is 0.796. The van der Waals surface area contributed by atoms with Crippen LogP contribution >= 0.6 is 0 Å². The average molecular weight is 224 g/mol. The predicted molar refractivity (Wildman–Crippen MR) is 64.9 cm³/mol. The van der Waals surface area contributed by atoms with Gasteiger partial charge < -0.3 is 10.6 Å². The SMILES string of the molecule is CCC(C)CC(=O)N1C2CCC1CC(N)C2. The molecule has 2 aliphatic heterocycles. The second kappa shape index (κ2) is 4.74. The van der Waals surface area contributed by atoms with Gasteiger partial charge in [-0.25, -0.2) is 0 Å².